The Labute approximate surface area is 123 Å². The summed E-state index contributed by atoms with van der Waals surface area (Å²) in [6.07, 6.45) is 6.93. The van der Waals surface area contributed by atoms with E-state index in [1.54, 1.807) is 0 Å². The number of piperidine rings is 1. The minimum atomic E-state index is 0.204. The van der Waals surface area contributed by atoms with E-state index in [9.17, 15) is 4.79 Å². The zero-order valence-corrected chi connectivity index (χ0v) is 13.1. The van der Waals surface area contributed by atoms with Crippen molar-refractivity contribution < 1.29 is 4.79 Å². The Bertz CT molecular complexity index is 313. The summed E-state index contributed by atoms with van der Waals surface area (Å²) in [5, 5.41) is 3.22. The van der Waals surface area contributed by atoms with Crippen LogP contribution in [0.15, 0.2) is 0 Å². The van der Waals surface area contributed by atoms with Gasteiger partial charge in [0, 0.05) is 25.2 Å². The van der Waals surface area contributed by atoms with Crippen molar-refractivity contribution in [1.29, 1.82) is 0 Å². The molecule has 2 rings (SSSR count). The molecule has 3 N–H and O–H groups in total. The number of nitrogens with two attached hydrogens (primary N) is 1. The van der Waals surface area contributed by atoms with Gasteiger partial charge in [0.25, 0.3) is 0 Å². The molecule has 1 saturated heterocycles. The number of nitrogens with one attached hydrogen (secondary N) is 1. The second-order valence-corrected chi connectivity index (χ2v) is 6.88. The summed E-state index contributed by atoms with van der Waals surface area (Å²) in [5.74, 6) is 1.58. The van der Waals surface area contributed by atoms with Crippen LogP contribution in [0.2, 0.25) is 0 Å². The largest absolute Gasteiger partial charge is 0.352 e. The van der Waals surface area contributed by atoms with Gasteiger partial charge in [0.05, 0.1) is 6.54 Å². The normalized spacial score (nSPS) is 35.8. The molecule has 1 aliphatic heterocycles. The summed E-state index contributed by atoms with van der Waals surface area (Å²) in [7, 11) is 0. The quantitative estimate of drug-likeness (QED) is 0.825. The monoisotopic (exact) mass is 281 g/mol. The highest BCUT2D eigenvalue weighted by Crippen LogP contribution is 2.23. The van der Waals surface area contributed by atoms with Gasteiger partial charge in [-0.05, 0) is 43.9 Å². The second kappa shape index (κ2) is 7.41. The number of amides is 1. The Balaban J connectivity index is 1.71. The van der Waals surface area contributed by atoms with Crippen LogP contribution in [0, 0.1) is 11.8 Å². The number of carbonyl (C=O) groups excluding carboxylic acids is 1. The fourth-order valence-corrected chi connectivity index (χ4v) is 3.58. The van der Waals surface area contributed by atoms with Gasteiger partial charge in [0.2, 0.25) is 5.91 Å². The predicted octanol–water partition coefficient (Wildman–Crippen LogP) is 1.74. The van der Waals surface area contributed by atoms with E-state index in [2.05, 4.69) is 24.1 Å². The first-order valence-electron chi connectivity index (χ1n) is 8.35. The molecule has 0 spiro atoms. The van der Waals surface area contributed by atoms with Crippen LogP contribution in [0.5, 0.6) is 0 Å². The first-order valence-corrected chi connectivity index (χ1v) is 8.35. The minimum Gasteiger partial charge on any atom is -0.352 e. The van der Waals surface area contributed by atoms with E-state index in [1.165, 1.54) is 12.8 Å². The van der Waals surface area contributed by atoms with Gasteiger partial charge in [0.15, 0.2) is 0 Å². The average Bonchev–Trinajstić information content (AvgIpc) is 2.43. The van der Waals surface area contributed by atoms with E-state index in [-0.39, 0.29) is 5.91 Å². The molecule has 2 aliphatic rings. The van der Waals surface area contributed by atoms with E-state index in [0.717, 1.165) is 44.7 Å². The van der Waals surface area contributed by atoms with Crippen LogP contribution in [-0.4, -0.2) is 42.5 Å². The Morgan fingerprint density at radius 2 is 1.95 bits per heavy atom. The van der Waals surface area contributed by atoms with E-state index in [0.29, 0.717) is 24.5 Å². The Morgan fingerprint density at radius 1 is 1.25 bits per heavy atom. The van der Waals surface area contributed by atoms with Crippen molar-refractivity contribution >= 4 is 5.91 Å². The molecule has 0 bridgehead atoms. The third-order valence-corrected chi connectivity index (χ3v) is 5.15. The lowest BCUT2D eigenvalue weighted by Gasteiger charge is -2.36. The van der Waals surface area contributed by atoms with Crippen molar-refractivity contribution in [2.45, 2.75) is 64.5 Å². The predicted molar refractivity (Wildman–Crippen MR) is 82.4 cm³/mol. The molecule has 1 amide bonds. The molecule has 1 aliphatic carbocycles. The Hall–Kier alpha value is -0.610. The smallest absolute Gasteiger partial charge is 0.234 e. The number of carbonyl (C=O) groups is 1. The lowest BCUT2D eigenvalue weighted by molar-refractivity contribution is -0.123. The fraction of sp³-hybridized carbons (Fsp3) is 0.938. The number of nitrogens with zero attached hydrogens (tertiary/aromatic N) is 1. The Kier molecular flexibility index (Phi) is 5.85. The number of likely N-dealkylation sites (tertiary alicyclic amines) is 1. The average molecular weight is 281 g/mol. The third kappa shape index (κ3) is 4.45. The standard InChI is InChI=1S/C16H31N3O/c1-3-13-10-19(9-8-15(13)17)11-16(20)18-14-6-4-12(2)5-7-14/h12-15H,3-11,17H2,1-2H3,(H,18,20). The highest BCUT2D eigenvalue weighted by molar-refractivity contribution is 5.78. The molecule has 4 heteroatoms. The molecular weight excluding hydrogens is 250 g/mol. The van der Waals surface area contributed by atoms with Gasteiger partial charge in [0.1, 0.15) is 0 Å². The van der Waals surface area contributed by atoms with Gasteiger partial charge in [-0.2, -0.15) is 0 Å². The van der Waals surface area contributed by atoms with Gasteiger partial charge in [-0.3, -0.25) is 9.69 Å². The number of hydrogen-bond acceptors (Lipinski definition) is 3. The molecule has 2 fully saturated rings. The van der Waals surface area contributed by atoms with Crippen molar-refractivity contribution in [2.75, 3.05) is 19.6 Å². The third-order valence-electron chi connectivity index (χ3n) is 5.15. The summed E-state index contributed by atoms with van der Waals surface area (Å²) in [4.78, 5) is 14.4. The molecule has 0 aromatic heterocycles. The molecule has 0 aromatic rings. The van der Waals surface area contributed by atoms with Crippen LogP contribution < -0.4 is 11.1 Å². The summed E-state index contributed by atoms with van der Waals surface area (Å²) >= 11 is 0. The maximum Gasteiger partial charge on any atom is 0.234 e. The van der Waals surface area contributed by atoms with Gasteiger partial charge in [-0.1, -0.05) is 20.3 Å². The molecule has 2 unspecified atom stereocenters. The highest BCUT2D eigenvalue weighted by Gasteiger charge is 2.27. The number of hydrogen-bond donors (Lipinski definition) is 2. The SMILES string of the molecule is CCC1CN(CC(=O)NC2CCC(C)CC2)CCC1N. The van der Waals surface area contributed by atoms with E-state index in [4.69, 9.17) is 5.73 Å². The topological polar surface area (TPSA) is 58.4 Å². The molecule has 4 nitrogen and oxygen atoms in total. The van der Waals surface area contributed by atoms with E-state index in [1.807, 2.05) is 0 Å². The summed E-state index contributed by atoms with van der Waals surface area (Å²) in [6.45, 7) is 6.99. The second-order valence-electron chi connectivity index (χ2n) is 6.88. The zero-order valence-electron chi connectivity index (χ0n) is 13.1. The summed E-state index contributed by atoms with van der Waals surface area (Å²) in [5.41, 5.74) is 6.12. The molecule has 2 atom stereocenters. The first kappa shape index (κ1) is 15.8. The molecular formula is C16H31N3O. The van der Waals surface area contributed by atoms with Gasteiger partial charge >= 0.3 is 0 Å². The van der Waals surface area contributed by atoms with Crippen LogP contribution >= 0.6 is 0 Å². The fourth-order valence-electron chi connectivity index (χ4n) is 3.58. The summed E-state index contributed by atoms with van der Waals surface area (Å²) in [6, 6.07) is 0.729. The maximum atomic E-state index is 12.2. The van der Waals surface area contributed by atoms with Gasteiger partial charge in [-0.25, -0.2) is 0 Å². The van der Waals surface area contributed by atoms with Crippen LogP contribution in [0.25, 0.3) is 0 Å². The Morgan fingerprint density at radius 3 is 2.60 bits per heavy atom. The first-order chi connectivity index (χ1) is 9.58. The van der Waals surface area contributed by atoms with Crippen LogP contribution in [-0.2, 0) is 4.79 Å². The van der Waals surface area contributed by atoms with E-state index < -0.39 is 0 Å². The molecule has 1 heterocycles. The van der Waals surface area contributed by atoms with Gasteiger partial charge < -0.3 is 11.1 Å². The van der Waals surface area contributed by atoms with Crippen LogP contribution in [0.1, 0.15) is 52.4 Å². The molecule has 0 radical (unpaired) electrons. The van der Waals surface area contributed by atoms with Crippen molar-refractivity contribution in [3.63, 3.8) is 0 Å². The van der Waals surface area contributed by atoms with Crippen LogP contribution in [0.4, 0.5) is 0 Å². The molecule has 116 valence electrons. The van der Waals surface area contributed by atoms with Crippen molar-refractivity contribution in [2.24, 2.45) is 17.6 Å². The molecule has 20 heavy (non-hydrogen) atoms. The van der Waals surface area contributed by atoms with Crippen molar-refractivity contribution in [3.8, 4) is 0 Å². The van der Waals surface area contributed by atoms with Crippen molar-refractivity contribution in [1.82, 2.24) is 10.2 Å². The zero-order chi connectivity index (χ0) is 14.5. The lowest BCUT2D eigenvalue weighted by atomic mass is 9.87. The van der Waals surface area contributed by atoms with Gasteiger partial charge in [-0.15, -0.1) is 0 Å². The molecule has 1 saturated carbocycles. The van der Waals surface area contributed by atoms with Crippen molar-refractivity contribution in [3.05, 3.63) is 0 Å². The maximum absolute atomic E-state index is 12.2. The number of rotatable bonds is 4. The highest BCUT2D eigenvalue weighted by atomic mass is 16.2. The molecule has 0 aromatic carbocycles. The lowest BCUT2D eigenvalue weighted by Crippen LogP contribution is -2.50. The van der Waals surface area contributed by atoms with Crippen LogP contribution in [0.3, 0.4) is 0 Å². The summed E-state index contributed by atoms with van der Waals surface area (Å²) < 4.78 is 0. The van der Waals surface area contributed by atoms with E-state index >= 15 is 0 Å². The minimum absolute atomic E-state index is 0.204.